The highest BCUT2D eigenvalue weighted by molar-refractivity contribution is 5.76. The zero-order chi connectivity index (χ0) is 16.3. The Kier molecular flexibility index (Phi) is 5.05. The number of rotatable bonds is 4. The molecular formula is C15H23N3O4. The fourth-order valence-electron chi connectivity index (χ4n) is 2.82. The zero-order valence-electron chi connectivity index (χ0n) is 13.3. The second-order valence-corrected chi connectivity index (χ2v) is 5.98. The normalized spacial score (nSPS) is 19.8. The molecule has 0 aliphatic carbocycles. The SMILES string of the molecule is Cc1noc(C)c1CC(C)NC(=O)N1CCCC(C(=O)O)C1. The van der Waals surface area contributed by atoms with Crippen molar-refractivity contribution in [3.8, 4) is 0 Å². The van der Waals surface area contributed by atoms with E-state index in [0.29, 0.717) is 19.4 Å². The van der Waals surface area contributed by atoms with E-state index in [1.807, 2.05) is 20.8 Å². The lowest BCUT2D eigenvalue weighted by Crippen LogP contribution is -2.49. The number of piperidine rings is 1. The first-order valence-electron chi connectivity index (χ1n) is 7.58. The van der Waals surface area contributed by atoms with Gasteiger partial charge >= 0.3 is 12.0 Å². The Bertz CT molecular complexity index is 535. The molecule has 7 heteroatoms. The van der Waals surface area contributed by atoms with Crippen molar-refractivity contribution in [1.29, 1.82) is 0 Å². The Balaban J connectivity index is 1.89. The average molecular weight is 309 g/mol. The van der Waals surface area contributed by atoms with Gasteiger partial charge in [0.1, 0.15) is 5.76 Å². The maximum atomic E-state index is 12.3. The van der Waals surface area contributed by atoms with Crippen LogP contribution in [0.4, 0.5) is 4.79 Å². The quantitative estimate of drug-likeness (QED) is 0.883. The van der Waals surface area contributed by atoms with Crippen LogP contribution in [0.2, 0.25) is 0 Å². The summed E-state index contributed by atoms with van der Waals surface area (Å²) in [6.07, 6.45) is 2.00. The fraction of sp³-hybridized carbons (Fsp3) is 0.667. The maximum absolute atomic E-state index is 12.3. The molecule has 122 valence electrons. The molecule has 1 saturated heterocycles. The van der Waals surface area contributed by atoms with Crippen LogP contribution in [0.5, 0.6) is 0 Å². The second-order valence-electron chi connectivity index (χ2n) is 5.98. The molecule has 22 heavy (non-hydrogen) atoms. The lowest BCUT2D eigenvalue weighted by Gasteiger charge is -2.31. The van der Waals surface area contributed by atoms with Crippen LogP contribution in [0.25, 0.3) is 0 Å². The first-order chi connectivity index (χ1) is 10.4. The Morgan fingerprint density at radius 3 is 2.82 bits per heavy atom. The summed E-state index contributed by atoms with van der Waals surface area (Å²) in [6.45, 7) is 6.53. The average Bonchev–Trinajstić information content (AvgIpc) is 2.79. The Morgan fingerprint density at radius 2 is 2.23 bits per heavy atom. The number of aromatic nitrogens is 1. The van der Waals surface area contributed by atoms with E-state index in [1.165, 1.54) is 0 Å². The van der Waals surface area contributed by atoms with Gasteiger partial charge in [-0.25, -0.2) is 4.79 Å². The highest BCUT2D eigenvalue weighted by atomic mass is 16.5. The Labute approximate surface area is 129 Å². The largest absolute Gasteiger partial charge is 0.481 e. The second kappa shape index (κ2) is 6.81. The number of urea groups is 1. The number of hydrogen-bond acceptors (Lipinski definition) is 4. The number of carboxylic acids is 1. The van der Waals surface area contributed by atoms with E-state index in [-0.39, 0.29) is 18.6 Å². The number of carbonyl (C=O) groups excluding carboxylic acids is 1. The highest BCUT2D eigenvalue weighted by Crippen LogP contribution is 2.17. The van der Waals surface area contributed by atoms with Crippen molar-refractivity contribution in [2.45, 2.75) is 46.1 Å². The standard InChI is InChI=1S/C15H23N3O4/c1-9(7-13-10(2)17-22-11(13)3)16-15(21)18-6-4-5-12(8-18)14(19)20/h9,12H,4-8H2,1-3H3,(H,16,21)(H,19,20). The molecule has 1 aliphatic heterocycles. The minimum absolute atomic E-state index is 0.0745. The van der Waals surface area contributed by atoms with Gasteiger partial charge in [0.15, 0.2) is 0 Å². The highest BCUT2D eigenvalue weighted by Gasteiger charge is 2.28. The molecule has 0 saturated carbocycles. The predicted molar refractivity (Wildman–Crippen MR) is 79.6 cm³/mol. The first-order valence-corrected chi connectivity index (χ1v) is 7.58. The number of amides is 2. The van der Waals surface area contributed by atoms with E-state index < -0.39 is 11.9 Å². The summed E-state index contributed by atoms with van der Waals surface area (Å²) in [7, 11) is 0. The van der Waals surface area contributed by atoms with Crippen LogP contribution < -0.4 is 5.32 Å². The third kappa shape index (κ3) is 3.78. The summed E-state index contributed by atoms with van der Waals surface area (Å²) in [5.41, 5.74) is 1.84. The number of hydrogen-bond donors (Lipinski definition) is 2. The van der Waals surface area contributed by atoms with E-state index in [0.717, 1.165) is 23.4 Å². The molecule has 2 atom stereocenters. The molecule has 0 bridgehead atoms. The van der Waals surface area contributed by atoms with Crippen LogP contribution in [-0.4, -0.2) is 46.3 Å². The molecule has 2 heterocycles. The third-order valence-electron chi connectivity index (χ3n) is 4.12. The predicted octanol–water partition coefficient (Wildman–Crippen LogP) is 1.73. The zero-order valence-corrected chi connectivity index (χ0v) is 13.3. The van der Waals surface area contributed by atoms with Gasteiger partial charge in [0.25, 0.3) is 0 Å². The van der Waals surface area contributed by atoms with Crippen molar-refractivity contribution in [2.75, 3.05) is 13.1 Å². The summed E-state index contributed by atoms with van der Waals surface area (Å²) in [5, 5.41) is 15.9. The molecule has 1 aromatic heterocycles. The van der Waals surface area contributed by atoms with E-state index in [2.05, 4.69) is 10.5 Å². The molecule has 2 N–H and O–H groups in total. The fourth-order valence-corrected chi connectivity index (χ4v) is 2.82. The van der Waals surface area contributed by atoms with Gasteiger partial charge in [-0.05, 0) is 40.0 Å². The van der Waals surface area contributed by atoms with Crippen LogP contribution in [0.3, 0.4) is 0 Å². The van der Waals surface area contributed by atoms with Gasteiger partial charge in [-0.15, -0.1) is 0 Å². The Morgan fingerprint density at radius 1 is 1.50 bits per heavy atom. The molecule has 2 rings (SSSR count). The number of aryl methyl sites for hydroxylation is 2. The number of nitrogens with one attached hydrogen (secondary N) is 1. The van der Waals surface area contributed by atoms with Gasteiger partial charge in [-0.1, -0.05) is 5.16 Å². The van der Waals surface area contributed by atoms with Crippen LogP contribution >= 0.6 is 0 Å². The monoisotopic (exact) mass is 309 g/mol. The third-order valence-corrected chi connectivity index (χ3v) is 4.12. The summed E-state index contributed by atoms with van der Waals surface area (Å²) in [4.78, 5) is 24.9. The molecule has 0 aromatic carbocycles. The number of nitrogens with zero attached hydrogens (tertiary/aromatic N) is 2. The van der Waals surface area contributed by atoms with E-state index >= 15 is 0 Å². The summed E-state index contributed by atoms with van der Waals surface area (Å²) >= 11 is 0. The van der Waals surface area contributed by atoms with Crippen molar-refractivity contribution in [3.63, 3.8) is 0 Å². The van der Waals surface area contributed by atoms with Crippen LogP contribution in [0.15, 0.2) is 4.52 Å². The molecule has 0 spiro atoms. The van der Waals surface area contributed by atoms with Crippen molar-refractivity contribution in [3.05, 3.63) is 17.0 Å². The van der Waals surface area contributed by atoms with Crippen LogP contribution in [0, 0.1) is 19.8 Å². The lowest BCUT2D eigenvalue weighted by atomic mass is 9.98. The molecule has 1 aliphatic rings. The minimum Gasteiger partial charge on any atom is -0.481 e. The molecule has 2 amide bonds. The number of carbonyl (C=O) groups is 2. The Hall–Kier alpha value is -2.05. The van der Waals surface area contributed by atoms with Crippen LogP contribution in [-0.2, 0) is 11.2 Å². The smallest absolute Gasteiger partial charge is 0.317 e. The lowest BCUT2D eigenvalue weighted by molar-refractivity contribution is -0.143. The number of aliphatic carboxylic acids is 1. The number of likely N-dealkylation sites (tertiary alicyclic amines) is 1. The number of carboxylic acid groups (broad SMARTS) is 1. The van der Waals surface area contributed by atoms with Crippen LogP contribution in [0.1, 0.15) is 36.8 Å². The molecule has 0 radical (unpaired) electrons. The molecule has 1 fully saturated rings. The van der Waals surface area contributed by atoms with Crippen molar-refractivity contribution < 1.29 is 19.2 Å². The minimum atomic E-state index is -0.832. The van der Waals surface area contributed by atoms with Crippen molar-refractivity contribution in [2.24, 2.45) is 5.92 Å². The van der Waals surface area contributed by atoms with Gasteiger partial charge in [-0.3, -0.25) is 4.79 Å². The van der Waals surface area contributed by atoms with E-state index in [1.54, 1.807) is 4.90 Å². The maximum Gasteiger partial charge on any atom is 0.317 e. The summed E-state index contributed by atoms with van der Waals surface area (Å²) in [6, 6.07) is -0.278. The van der Waals surface area contributed by atoms with Gasteiger partial charge in [-0.2, -0.15) is 0 Å². The molecule has 2 unspecified atom stereocenters. The topological polar surface area (TPSA) is 95.7 Å². The van der Waals surface area contributed by atoms with Gasteiger partial charge < -0.3 is 19.8 Å². The van der Waals surface area contributed by atoms with Crippen molar-refractivity contribution in [1.82, 2.24) is 15.4 Å². The van der Waals surface area contributed by atoms with E-state index in [9.17, 15) is 9.59 Å². The van der Waals surface area contributed by atoms with Crippen molar-refractivity contribution >= 4 is 12.0 Å². The summed E-state index contributed by atoms with van der Waals surface area (Å²) < 4.78 is 5.12. The first kappa shape index (κ1) is 16.3. The molecular weight excluding hydrogens is 286 g/mol. The molecule has 7 nitrogen and oxygen atoms in total. The van der Waals surface area contributed by atoms with Gasteiger partial charge in [0.2, 0.25) is 0 Å². The van der Waals surface area contributed by atoms with E-state index in [4.69, 9.17) is 9.63 Å². The molecule has 1 aromatic rings. The van der Waals surface area contributed by atoms with Gasteiger partial charge in [0.05, 0.1) is 11.6 Å². The van der Waals surface area contributed by atoms with Gasteiger partial charge in [0, 0.05) is 24.7 Å². The summed E-state index contributed by atoms with van der Waals surface area (Å²) in [5.74, 6) is -0.527.